The monoisotopic (exact) mass is 625 g/mol. The smallest absolute Gasteiger partial charge is 0.419 e. The Morgan fingerprint density at radius 1 is 1.00 bits per heavy atom. The van der Waals surface area contributed by atoms with Crippen LogP contribution >= 0.6 is 0 Å². The average molecular weight is 626 g/mol. The minimum Gasteiger partial charge on any atom is -0.461 e. The van der Waals surface area contributed by atoms with Crippen molar-refractivity contribution in [1.82, 2.24) is 19.7 Å². The molecular formula is C32H28F5N5O3. The molecule has 234 valence electrons. The lowest BCUT2D eigenvalue weighted by Crippen LogP contribution is -2.56. The highest BCUT2D eigenvalue weighted by Gasteiger charge is 2.50. The van der Waals surface area contributed by atoms with E-state index in [1.54, 1.807) is 41.3 Å². The van der Waals surface area contributed by atoms with Gasteiger partial charge in [0, 0.05) is 62.7 Å². The Hall–Kier alpha value is -4.81. The van der Waals surface area contributed by atoms with Gasteiger partial charge in [-0.15, -0.1) is 0 Å². The summed E-state index contributed by atoms with van der Waals surface area (Å²) >= 11 is 0. The van der Waals surface area contributed by atoms with Crippen LogP contribution in [-0.4, -0.2) is 62.9 Å². The van der Waals surface area contributed by atoms with E-state index in [0.717, 1.165) is 17.8 Å². The van der Waals surface area contributed by atoms with Gasteiger partial charge >= 0.3 is 6.18 Å². The number of ketones is 1. The molecule has 2 aromatic carbocycles. The number of Topliss-reactive ketones (excluding diaryl/α,β-unsaturated/α-hetero) is 1. The number of aromatic nitrogens is 3. The number of ether oxygens (including phenoxy) is 1. The highest BCUT2D eigenvalue weighted by Crippen LogP contribution is 2.40. The van der Waals surface area contributed by atoms with Crippen LogP contribution in [0, 0.1) is 5.82 Å². The Morgan fingerprint density at radius 3 is 2.33 bits per heavy atom. The molecule has 1 atom stereocenters. The van der Waals surface area contributed by atoms with E-state index in [1.165, 1.54) is 30.1 Å². The van der Waals surface area contributed by atoms with E-state index in [4.69, 9.17) is 4.74 Å². The number of anilines is 1. The molecule has 1 amide bonds. The number of rotatable bonds is 6. The Morgan fingerprint density at radius 2 is 1.71 bits per heavy atom. The quantitative estimate of drug-likeness (QED) is 0.236. The maximum Gasteiger partial charge on any atom is 0.419 e. The number of hydrogen-bond acceptors (Lipinski definition) is 6. The molecule has 0 bridgehead atoms. The average Bonchev–Trinajstić information content (AvgIpc) is 3.59. The molecule has 4 heterocycles. The van der Waals surface area contributed by atoms with Crippen molar-refractivity contribution >= 4 is 17.4 Å². The van der Waals surface area contributed by atoms with E-state index in [1.807, 2.05) is 4.90 Å². The molecule has 0 radical (unpaired) electrons. The van der Waals surface area contributed by atoms with Crippen LogP contribution in [0.5, 0.6) is 5.75 Å². The van der Waals surface area contributed by atoms with Gasteiger partial charge in [0.05, 0.1) is 16.9 Å². The predicted octanol–water partition coefficient (Wildman–Crippen LogP) is 6.24. The first-order valence-electron chi connectivity index (χ1n) is 14.3. The van der Waals surface area contributed by atoms with Crippen molar-refractivity contribution in [1.29, 1.82) is 0 Å². The van der Waals surface area contributed by atoms with Crippen LogP contribution in [0.25, 0.3) is 16.9 Å². The highest BCUT2D eigenvalue weighted by atomic mass is 19.4. The summed E-state index contributed by atoms with van der Waals surface area (Å²) < 4.78 is 73.7. The zero-order chi connectivity index (χ0) is 31.9. The van der Waals surface area contributed by atoms with Gasteiger partial charge in [-0.3, -0.25) is 14.6 Å². The van der Waals surface area contributed by atoms with Crippen molar-refractivity contribution in [2.24, 2.45) is 0 Å². The predicted molar refractivity (Wildman–Crippen MR) is 154 cm³/mol. The number of halogens is 5. The molecule has 13 heteroatoms. The van der Waals surface area contributed by atoms with Crippen molar-refractivity contribution < 1.29 is 36.3 Å². The van der Waals surface area contributed by atoms with Crippen LogP contribution in [0.3, 0.4) is 0 Å². The lowest BCUT2D eigenvalue weighted by Gasteiger charge is -2.44. The lowest BCUT2D eigenvalue weighted by atomic mass is 9.83. The van der Waals surface area contributed by atoms with Crippen LogP contribution in [0.15, 0.2) is 73.1 Å². The van der Waals surface area contributed by atoms with Crippen molar-refractivity contribution in [2.45, 2.75) is 44.3 Å². The van der Waals surface area contributed by atoms with Crippen LogP contribution in [-0.2, 0) is 11.0 Å². The van der Waals surface area contributed by atoms with Crippen LogP contribution in [0.1, 0.15) is 42.2 Å². The van der Waals surface area contributed by atoms with Gasteiger partial charge in [-0.25, -0.2) is 13.5 Å². The lowest BCUT2D eigenvalue weighted by molar-refractivity contribution is -0.140. The van der Waals surface area contributed by atoms with E-state index >= 15 is 0 Å². The summed E-state index contributed by atoms with van der Waals surface area (Å²) in [5.74, 6) is -1.44. The third-order valence-corrected chi connectivity index (χ3v) is 8.31. The van der Waals surface area contributed by atoms with Crippen molar-refractivity contribution in [2.75, 3.05) is 24.5 Å². The van der Waals surface area contributed by atoms with Crippen LogP contribution in [0.4, 0.5) is 27.6 Å². The van der Waals surface area contributed by atoms with Gasteiger partial charge in [-0.2, -0.15) is 18.3 Å². The number of benzene rings is 2. The molecule has 8 nitrogen and oxygen atoms in total. The number of nitrogens with zero attached hydrogens (tertiary/aromatic N) is 5. The first kappa shape index (κ1) is 30.2. The molecule has 2 aliphatic rings. The molecule has 2 fully saturated rings. The van der Waals surface area contributed by atoms with Gasteiger partial charge in [0.25, 0.3) is 5.91 Å². The highest BCUT2D eigenvalue weighted by molar-refractivity contribution is 5.97. The van der Waals surface area contributed by atoms with Gasteiger partial charge in [0.2, 0.25) is 6.36 Å². The number of carbonyl (C=O) groups excluding carboxylic acids is 2. The minimum absolute atomic E-state index is 0.000542. The van der Waals surface area contributed by atoms with Gasteiger partial charge in [0.15, 0.2) is 11.5 Å². The van der Waals surface area contributed by atoms with Gasteiger partial charge in [-0.1, -0.05) is 0 Å². The summed E-state index contributed by atoms with van der Waals surface area (Å²) in [6, 6.07) is 14.2. The number of piperidine rings is 1. The van der Waals surface area contributed by atoms with Crippen molar-refractivity contribution in [3.05, 3.63) is 90.1 Å². The third kappa shape index (κ3) is 5.74. The van der Waals surface area contributed by atoms with Crippen molar-refractivity contribution in [3.8, 4) is 22.7 Å². The molecule has 4 aromatic rings. The third-order valence-electron chi connectivity index (χ3n) is 8.31. The number of hydrogen-bond donors (Lipinski definition) is 0. The molecule has 1 spiro atoms. The number of likely N-dealkylation sites (tertiary alicyclic amines) is 1. The molecule has 45 heavy (non-hydrogen) atoms. The maximum absolute atomic E-state index is 14.5. The summed E-state index contributed by atoms with van der Waals surface area (Å²) in [6.45, 7) is 2.31. The van der Waals surface area contributed by atoms with Crippen LogP contribution < -0.4 is 9.64 Å². The fourth-order valence-electron chi connectivity index (χ4n) is 6.14. The fraction of sp³-hybridized carbons (Fsp3) is 0.312. The topological polar surface area (TPSA) is 80.6 Å². The summed E-state index contributed by atoms with van der Waals surface area (Å²) in [6.07, 6.45) is -2.18. The number of alkyl halides is 4. The standard InChI is InChI=1S/C32H28F5N5O3/c1-20(33)45-24-7-4-22(5-8-24)41-14-10-29(43)31(41)11-15-40(16-12-31)30(44)27-18-28(21-3-2-13-38-19-21)42(39-27)23-6-9-25(26(34)17-23)32(35,36)37/h2-9,13,17-20H,10-12,14-16H2,1H3. The molecule has 6 rings (SSSR count). The number of carbonyl (C=O) groups is 2. The van der Waals surface area contributed by atoms with Gasteiger partial charge < -0.3 is 14.5 Å². The number of amides is 1. The molecule has 2 aliphatic heterocycles. The van der Waals surface area contributed by atoms with Gasteiger partial charge in [-0.05, 0) is 67.4 Å². The first-order valence-corrected chi connectivity index (χ1v) is 14.3. The molecule has 2 saturated heterocycles. The largest absolute Gasteiger partial charge is 0.461 e. The second kappa shape index (κ2) is 11.6. The molecule has 0 saturated carbocycles. The first-order chi connectivity index (χ1) is 21.5. The second-order valence-corrected chi connectivity index (χ2v) is 11.0. The summed E-state index contributed by atoms with van der Waals surface area (Å²) in [4.78, 5) is 34.6. The van der Waals surface area contributed by atoms with Crippen LogP contribution in [0.2, 0.25) is 0 Å². The van der Waals surface area contributed by atoms with E-state index in [0.29, 0.717) is 48.9 Å². The zero-order valence-electron chi connectivity index (χ0n) is 24.1. The number of pyridine rings is 1. The normalized spacial score (nSPS) is 17.2. The second-order valence-electron chi connectivity index (χ2n) is 11.0. The van der Waals surface area contributed by atoms with Crippen molar-refractivity contribution in [3.63, 3.8) is 0 Å². The summed E-state index contributed by atoms with van der Waals surface area (Å²) in [5, 5.41) is 4.39. The minimum atomic E-state index is -4.87. The molecule has 0 aliphatic carbocycles. The Labute approximate surface area is 255 Å². The molecule has 2 aromatic heterocycles. The SMILES string of the molecule is CC(F)Oc1ccc(N2CCC(=O)C23CCN(C(=O)c2cc(-c4cccnc4)n(-c4ccc(C(F)(F)F)c(F)c4)n2)CC3)cc1. The fourth-order valence-corrected chi connectivity index (χ4v) is 6.14. The molecular weight excluding hydrogens is 597 g/mol. The summed E-state index contributed by atoms with van der Waals surface area (Å²) in [7, 11) is 0. The molecule has 0 N–H and O–H groups in total. The van der Waals surface area contributed by atoms with Gasteiger partial charge in [0.1, 0.15) is 17.1 Å². The van der Waals surface area contributed by atoms with E-state index in [9.17, 15) is 31.5 Å². The summed E-state index contributed by atoms with van der Waals surface area (Å²) in [5.41, 5.74) is -0.544. The molecule has 1 unspecified atom stereocenters. The Bertz CT molecular complexity index is 1720. The zero-order valence-corrected chi connectivity index (χ0v) is 24.1. The Balaban J connectivity index is 1.25. The maximum atomic E-state index is 14.5. The van der Waals surface area contributed by atoms with E-state index in [-0.39, 0.29) is 30.3 Å². The van der Waals surface area contributed by atoms with E-state index in [2.05, 4.69) is 10.1 Å². The van der Waals surface area contributed by atoms with E-state index < -0.39 is 35.4 Å². The Kier molecular flexibility index (Phi) is 7.79.